The molecular formula is C16H31Cl2N3O2. The molecule has 2 unspecified atom stereocenters. The molecule has 5 nitrogen and oxygen atoms in total. The molecule has 23 heavy (non-hydrogen) atoms. The fourth-order valence-electron chi connectivity index (χ4n) is 3.86. The molecule has 0 aliphatic carbocycles. The van der Waals surface area contributed by atoms with Crippen molar-refractivity contribution in [3.63, 3.8) is 0 Å². The molecule has 3 aliphatic rings. The lowest BCUT2D eigenvalue weighted by molar-refractivity contribution is -0.136. The Morgan fingerprint density at radius 2 is 1.83 bits per heavy atom. The number of nitrogens with one attached hydrogen (secondary N) is 1. The van der Waals surface area contributed by atoms with Gasteiger partial charge in [0.05, 0.1) is 13.2 Å². The van der Waals surface area contributed by atoms with Crippen molar-refractivity contribution < 1.29 is 9.53 Å². The molecular weight excluding hydrogens is 337 g/mol. The first kappa shape index (κ1) is 21.0. The number of nitrogens with zero attached hydrogens (tertiary/aromatic N) is 2. The van der Waals surface area contributed by atoms with Crippen molar-refractivity contribution in [3.05, 3.63) is 0 Å². The van der Waals surface area contributed by atoms with E-state index in [1.807, 2.05) is 0 Å². The van der Waals surface area contributed by atoms with Crippen LogP contribution >= 0.6 is 24.8 Å². The summed E-state index contributed by atoms with van der Waals surface area (Å²) in [5, 5.41) is 3.45. The van der Waals surface area contributed by atoms with E-state index in [4.69, 9.17) is 4.74 Å². The molecule has 136 valence electrons. The topological polar surface area (TPSA) is 44.8 Å². The molecule has 3 fully saturated rings. The van der Waals surface area contributed by atoms with Crippen LogP contribution in [0.4, 0.5) is 0 Å². The maximum Gasteiger partial charge on any atom is 0.224 e. The summed E-state index contributed by atoms with van der Waals surface area (Å²) in [7, 11) is 0. The molecule has 0 spiro atoms. The van der Waals surface area contributed by atoms with Crippen molar-refractivity contribution in [2.45, 2.75) is 50.6 Å². The SMILES string of the molecule is Cl.Cl.O=C(CC1CCCN1)N1CCCCC1CN1CCOCC1. The van der Waals surface area contributed by atoms with Gasteiger partial charge < -0.3 is 15.0 Å². The number of amides is 1. The number of hydrogen-bond donors (Lipinski definition) is 1. The summed E-state index contributed by atoms with van der Waals surface area (Å²) in [6.45, 7) is 6.79. The van der Waals surface area contributed by atoms with E-state index in [0.717, 1.165) is 52.4 Å². The molecule has 0 aromatic rings. The van der Waals surface area contributed by atoms with Crippen LogP contribution in [0.3, 0.4) is 0 Å². The highest BCUT2D eigenvalue weighted by Crippen LogP contribution is 2.21. The van der Waals surface area contributed by atoms with Gasteiger partial charge in [0.25, 0.3) is 0 Å². The Kier molecular flexibility index (Phi) is 9.78. The van der Waals surface area contributed by atoms with Gasteiger partial charge in [-0.15, -0.1) is 24.8 Å². The van der Waals surface area contributed by atoms with E-state index in [1.54, 1.807) is 0 Å². The van der Waals surface area contributed by atoms with Crippen LogP contribution in [0.25, 0.3) is 0 Å². The summed E-state index contributed by atoms with van der Waals surface area (Å²) in [5.41, 5.74) is 0. The average molecular weight is 368 g/mol. The first-order valence-electron chi connectivity index (χ1n) is 8.66. The average Bonchev–Trinajstić information content (AvgIpc) is 3.02. The van der Waals surface area contributed by atoms with Gasteiger partial charge in [-0.2, -0.15) is 0 Å². The second-order valence-electron chi connectivity index (χ2n) is 6.65. The van der Waals surface area contributed by atoms with Crippen molar-refractivity contribution >= 4 is 30.7 Å². The highest BCUT2D eigenvalue weighted by atomic mass is 35.5. The lowest BCUT2D eigenvalue weighted by Gasteiger charge is -2.40. The zero-order valence-electron chi connectivity index (χ0n) is 13.9. The van der Waals surface area contributed by atoms with Crippen LogP contribution in [0.5, 0.6) is 0 Å². The van der Waals surface area contributed by atoms with Crippen molar-refractivity contribution in [1.29, 1.82) is 0 Å². The van der Waals surface area contributed by atoms with Crippen LogP contribution in [0.2, 0.25) is 0 Å². The summed E-state index contributed by atoms with van der Waals surface area (Å²) in [6.07, 6.45) is 6.67. The molecule has 1 N–H and O–H groups in total. The minimum absolute atomic E-state index is 0. The third-order valence-corrected chi connectivity index (χ3v) is 5.10. The second-order valence-corrected chi connectivity index (χ2v) is 6.65. The quantitative estimate of drug-likeness (QED) is 0.820. The number of piperidine rings is 1. The number of halogens is 2. The Balaban J connectivity index is 0.00000132. The van der Waals surface area contributed by atoms with Crippen LogP contribution in [-0.2, 0) is 9.53 Å². The number of rotatable bonds is 4. The van der Waals surface area contributed by atoms with E-state index in [1.165, 1.54) is 25.7 Å². The Hall–Kier alpha value is -0.0700. The number of likely N-dealkylation sites (tertiary alicyclic amines) is 1. The molecule has 0 radical (unpaired) electrons. The van der Waals surface area contributed by atoms with Crippen LogP contribution in [0, 0.1) is 0 Å². The molecule has 0 bridgehead atoms. The van der Waals surface area contributed by atoms with Gasteiger partial charge >= 0.3 is 0 Å². The molecule has 1 amide bonds. The van der Waals surface area contributed by atoms with E-state index < -0.39 is 0 Å². The van der Waals surface area contributed by atoms with Crippen molar-refractivity contribution in [1.82, 2.24) is 15.1 Å². The summed E-state index contributed by atoms with van der Waals surface area (Å²) in [4.78, 5) is 17.3. The number of ether oxygens (including phenoxy) is 1. The minimum Gasteiger partial charge on any atom is -0.379 e. The smallest absolute Gasteiger partial charge is 0.224 e. The van der Waals surface area contributed by atoms with E-state index in [0.29, 0.717) is 24.4 Å². The van der Waals surface area contributed by atoms with Crippen LogP contribution in [0.1, 0.15) is 38.5 Å². The van der Waals surface area contributed by atoms with Crippen molar-refractivity contribution in [3.8, 4) is 0 Å². The molecule has 0 aromatic heterocycles. The first-order valence-corrected chi connectivity index (χ1v) is 8.66. The van der Waals surface area contributed by atoms with E-state index in [9.17, 15) is 4.79 Å². The molecule has 3 heterocycles. The predicted octanol–water partition coefficient (Wildman–Crippen LogP) is 1.69. The minimum atomic E-state index is 0. The van der Waals surface area contributed by atoms with Gasteiger partial charge in [-0.3, -0.25) is 9.69 Å². The lowest BCUT2D eigenvalue weighted by atomic mass is 10.00. The maximum absolute atomic E-state index is 12.6. The summed E-state index contributed by atoms with van der Waals surface area (Å²) in [5.74, 6) is 0.368. The van der Waals surface area contributed by atoms with E-state index >= 15 is 0 Å². The van der Waals surface area contributed by atoms with Crippen LogP contribution in [0.15, 0.2) is 0 Å². The Bertz CT molecular complexity index is 348. The highest BCUT2D eigenvalue weighted by Gasteiger charge is 2.30. The van der Waals surface area contributed by atoms with Gasteiger partial charge in [0.2, 0.25) is 5.91 Å². The largest absolute Gasteiger partial charge is 0.379 e. The van der Waals surface area contributed by atoms with Gasteiger partial charge in [0.15, 0.2) is 0 Å². The third-order valence-electron chi connectivity index (χ3n) is 5.10. The normalized spacial score (nSPS) is 28.8. The summed E-state index contributed by atoms with van der Waals surface area (Å²) < 4.78 is 5.42. The van der Waals surface area contributed by atoms with Gasteiger partial charge in [-0.25, -0.2) is 0 Å². The molecule has 7 heteroatoms. The Morgan fingerprint density at radius 1 is 1.04 bits per heavy atom. The van der Waals surface area contributed by atoms with E-state index in [2.05, 4.69) is 15.1 Å². The highest BCUT2D eigenvalue weighted by molar-refractivity contribution is 5.85. The van der Waals surface area contributed by atoms with Gasteiger partial charge in [-0.1, -0.05) is 0 Å². The van der Waals surface area contributed by atoms with Gasteiger partial charge in [0, 0.05) is 44.7 Å². The maximum atomic E-state index is 12.6. The molecule has 0 saturated carbocycles. The summed E-state index contributed by atoms with van der Waals surface area (Å²) in [6, 6.07) is 0.842. The number of carbonyl (C=O) groups excluding carboxylic acids is 1. The Labute approximate surface area is 152 Å². The van der Waals surface area contributed by atoms with Gasteiger partial charge in [0.1, 0.15) is 0 Å². The zero-order valence-corrected chi connectivity index (χ0v) is 15.5. The van der Waals surface area contributed by atoms with Crippen LogP contribution < -0.4 is 5.32 Å². The Morgan fingerprint density at radius 3 is 2.52 bits per heavy atom. The number of morpholine rings is 1. The lowest BCUT2D eigenvalue weighted by Crippen LogP contribution is -2.52. The molecule has 2 atom stereocenters. The molecule has 0 aromatic carbocycles. The zero-order chi connectivity index (χ0) is 14.5. The third kappa shape index (κ3) is 6.05. The number of hydrogen-bond acceptors (Lipinski definition) is 4. The van der Waals surface area contributed by atoms with Crippen molar-refractivity contribution in [2.75, 3.05) is 45.9 Å². The van der Waals surface area contributed by atoms with Crippen LogP contribution in [-0.4, -0.2) is 73.7 Å². The predicted molar refractivity (Wildman–Crippen MR) is 96.7 cm³/mol. The fraction of sp³-hybridized carbons (Fsp3) is 0.938. The van der Waals surface area contributed by atoms with E-state index in [-0.39, 0.29) is 24.8 Å². The monoisotopic (exact) mass is 367 g/mol. The molecule has 3 aliphatic heterocycles. The second kappa shape index (κ2) is 10.7. The fourth-order valence-corrected chi connectivity index (χ4v) is 3.86. The molecule has 3 saturated heterocycles. The standard InChI is InChI=1S/C16H29N3O2.2ClH/c20-16(12-14-4-3-6-17-14)19-7-2-1-5-15(19)13-18-8-10-21-11-9-18;;/h14-15,17H,1-13H2;2*1H. The van der Waals surface area contributed by atoms with Gasteiger partial charge in [-0.05, 0) is 38.6 Å². The first-order chi connectivity index (χ1) is 10.3. The molecule has 3 rings (SSSR count). The summed E-state index contributed by atoms with van der Waals surface area (Å²) >= 11 is 0. The van der Waals surface area contributed by atoms with Crippen molar-refractivity contribution in [2.24, 2.45) is 0 Å². The number of carbonyl (C=O) groups is 1.